The maximum Gasteiger partial charge on any atom is 0.284 e. The predicted octanol–water partition coefficient (Wildman–Crippen LogP) is 3.84. The van der Waals surface area contributed by atoms with Gasteiger partial charge in [0, 0.05) is 0 Å². The maximum absolute atomic E-state index is 11.4. The van der Waals surface area contributed by atoms with Gasteiger partial charge in [-0.2, -0.15) is 0 Å². The van der Waals surface area contributed by atoms with Crippen molar-refractivity contribution in [3.8, 4) is 21.7 Å². The van der Waals surface area contributed by atoms with Crippen LogP contribution in [0.2, 0.25) is 0 Å². The molecule has 0 bridgehead atoms. The van der Waals surface area contributed by atoms with Crippen molar-refractivity contribution >= 4 is 17.2 Å². The number of nitrogens with zero attached hydrogens (tertiary/aromatic N) is 3. The van der Waals surface area contributed by atoms with E-state index in [4.69, 9.17) is 5.21 Å². The van der Waals surface area contributed by atoms with E-state index in [2.05, 4.69) is 46.7 Å². The third-order valence-corrected chi connectivity index (χ3v) is 5.23. The highest BCUT2D eigenvalue weighted by Crippen LogP contribution is 2.26. The van der Waals surface area contributed by atoms with E-state index in [1.54, 1.807) is 22.3 Å². The van der Waals surface area contributed by atoms with E-state index in [0.717, 1.165) is 10.4 Å². The number of thiophene rings is 1. The predicted molar refractivity (Wildman–Crippen MR) is 104 cm³/mol. The Labute approximate surface area is 159 Å². The molecule has 4 aromatic rings. The summed E-state index contributed by atoms with van der Waals surface area (Å²) in [5, 5.41) is 17.0. The fraction of sp³-hybridized carbons (Fsp3) is 0.0500. The van der Waals surface area contributed by atoms with Crippen molar-refractivity contribution in [1.82, 2.24) is 20.5 Å². The molecule has 27 heavy (non-hydrogen) atoms. The molecular weight excluding hydrogens is 360 g/mol. The molecule has 0 radical (unpaired) electrons. The minimum atomic E-state index is -0.530. The van der Waals surface area contributed by atoms with Crippen LogP contribution < -0.4 is 5.48 Å². The van der Waals surface area contributed by atoms with Crippen molar-refractivity contribution < 1.29 is 10.0 Å². The van der Waals surface area contributed by atoms with Gasteiger partial charge in [0.2, 0.25) is 0 Å². The second-order valence-electron chi connectivity index (χ2n) is 5.97. The van der Waals surface area contributed by atoms with Crippen LogP contribution in [-0.4, -0.2) is 26.1 Å². The summed E-state index contributed by atoms with van der Waals surface area (Å²) in [4.78, 5) is 12.7. The highest BCUT2D eigenvalue weighted by Gasteiger charge is 2.12. The average molecular weight is 376 g/mol. The topological polar surface area (TPSA) is 80.0 Å². The summed E-state index contributed by atoms with van der Waals surface area (Å²) < 4.78 is 1.76. The Morgan fingerprint density at radius 3 is 2.48 bits per heavy atom. The summed E-state index contributed by atoms with van der Waals surface area (Å²) in [6, 6.07) is 22.0. The van der Waals surface area contributed by atoms with Crippen LogP contribution >= 0.6 is 11.3 Å². The zero-order valence-electron chi connectivity index (χ0n) is 14.2. The molecule has 0 unspecified atom stereocenters. The van der Waals surface area contributed by atoms with Crippen molar-refractivity contribution in [1.29, 1.82) is 0 Å². The molecule has 0 aliphatic rings. The molecule has 0 saturated carbocycles. The second kappa shape index (κ2) is 7.53. The summed E-state index contributed by atoms with van der Waals surface area (Å²) in [5.41, 5.74) is 5.81. The number of hydroxylamine groups is 1. The van der Waals surface area contributed by atoms with E-state index in [9.17, 15) is 4.79 Å². The van der Waals surface area contributed by atoms with Crippen molar-refractivity contribution in [3.05, 3.63) is 83.4 Å². The molecule has 0 spiro atoms. The number of carbonyl (C=O) groups is 1. The molecule has 0 fully saturated rings. The Kier molecular flexibility index (Phi) is 4.78. The van der Waals surface area contributed by atoms with Gasteiger partial charge in [-0.15, -0.1) is 16.4 Å². The van der Waals surface area contributed by atoms with Crippen molar-refractivity contribution in [2.75, 3.05) is 0 Å². The van der Waals surface area contributed by atoms with Crippen molar-refractivity contribution in [2.24, 2.45) is 0 Å². The Hall–Kier alpha value is -3.29. The quantitative estimate of drug-likeness (QED) is 0.410. The number of hydrogen-bond donors (Lipinski definition) is 2. The van der Waals surface area contributed by atoms with Gasteiger partial charge in [0.1, 0.15) is 5.69 Å². The maximum atomic E-state index is 11.4. The molecule has 2 N–H and O–H groups in total. The summed E-state index contributed by atoms with van der Waals surface area (Å²) in [6.07, 6.45) is 1.84. The van der Waals surface area contributed by atoms with Gasteiger partial charge in [-0.25, -0.2) is 10.2 Å². The molecule has 7 heteroatoms. The van der Waals surface area contributed by atoms with Crippen LogP contribution in [-0.2, 0) is 6.54 Å². The molecule has 0 aliphatic carbocycles. The van der Waals surface area contributed by atoms with Crippen molar-refractivity contribution in [2.45, 2.75) is 6.54 Å². The number of amides is 1. The molecular formula is C20H16N4O2S. The van der Waals surface area contributed by atoms with Gasteiger partial charge in [-0.1, -0.05) is 59.8 Å². The van der Waals surface area contributed by atoms with Crippen LogP contribution in [0.15, 0.2) is 72.9 Å². The van der Waals surface area contributed by atoms with E-state index in [-0.39, 0.29) is 0 Å². The molecule has 2 aromatic heterocycles. The van der Waals surface area contributed by atoms with E-state index in [0.29, 0.717) is 17.1 Å². The van der Waals surface area contributed by atoms with Crippen LogP contribution in [0.4, 0.5) is 0 Å². The molecule has 6 nitrogen and oxygen atoms in total. The normalized spacial score (nSPS) is 10.7. The van der Waals surface area contributed by atoms with E-state index in [1.807, 2.05) is 24.4 Å². The number of aromatic nitrogens is 3. The molecule has 4 rings (SSSR count). The Balaban J connectivity index is 1.48. The third-order valence-electron chi connectivity index (χ3n) is 4.13. The average Bonchev–Trinajstić information content (AvgIpc) is 3.38. The fourth-order valence-electron chi connectivity index (χ4n) is 2.76. The first-order chi connectivity index (χ1) is 13.2. The van der Waals surface area contributed by atoms with Gasteiger partial charge in [0.15, 0.2) is 0 Å². The molecule has 134 valence electrons. The monoisotopic (exact) mass is 376 g/mol. The first-order valence-corrected chi connectivity index (χ1v) is 9.14. The van der Waals surface area contributed by atoms with Crippen LogP contribution in [0, 0.1) is 0 Å². The Morgan fingerprint density at radius 2 is 1.74 bits per heavy atom. The Bertz CT molecular complexity index is 1060. The molecule has 2 heterocycles. The summed E-state index contributed by atoms with van der Waals surface area (Å²) >= 11 is 1.25. The summed E-state index contributed by atoms with van der Waals surface area (Å²) in [7, 11) is 0. The third kappa shape index (κ3) is 3.79. The standard InChI is InChI=1S/C20H16N4O2S/c25-20(22-26)19-11-10-18(27-19)17-13-24(23-21-17)12-14-6-8-16(9-7-14)15-4-2-1-3-5-15/h1-11,13,26H,12H2,(H,22,25). The lowest BCUT2D eigenvalue weighted by atomic mass is 10.0. The lowest BCUT2D eigenvalue weighted by Crippen LogP contribution is -2.16. The van der Waals surface area contributed by atoms with Crippen LogP contribution in [0.5, 0.6) is 0 Å². The summed E-state index contributed by atoms with van der Waals surface area (Å²) in [6.45, 7) is 0.609. The second-order valence-corrected chi connectivity index (χ2v) is 7.05. The smallest absolute Gasteiger partial charge is 0.284 e. The van der Waals surface area contributed by atoms with Gasteiger partial charge in [0.25, 0.3) is 5.91 Å². The van der Waals surface area contributed by atoms with Crippen LogP contribution in [0.1, 0.15) is 15.2 Å². The zero-order chi connectivity index (χ0) is 18.6. The number of hydrogen-bond acceptors (Lipinski definition) is 5. The van der Waals surface area contributed by atoms with E-state index < -0.39 is 5.91 Å². The van der Waals surface area contributed by atoms with Crippen LogP contribution in [0.3, 0.4) is 0 Å². The van der Waals surface area contributed by atoms with Crippen LogP contribution in [0.25, 0.3) is 21.7 Å². The lowest BCUT2D eigenvalue weighted by Gasteiger charge is -2.04. The number of nitrogens with one attached hydrogen (secondary N) is 1. The minimum Gasteiger partial charge on any atom is -0.288 e. The first-order valence-electron chi connectivity index (χ1n) is 8.32. The zero-order valence-corrected chi connectivity index (χ0v) is 15.1. The Morgan fingerprint density at radius 1 is 1.00 bits per heavy atom. The van der Waals surface area contributed by atoms with Gasteiger partial charge < -0.3 is 0 Å². The van der Waals surface area contributed by atoms with Gasteiger partial charge >= 0.3 is 0 Å². The SMILES string of the molecule is O=C(NO)c1ccc(-c2cn(Cc3ccc(-c4ccccc4)cc3)nn2)s1. The molecule has 0 saturated heterocycles. The number of rotatable bonds is 5. The molecule has 0 aliphatic heterocycles. The minimum absolute atomic E-state index is 0.415. The van der Waals surface area contributed by atoms with E-state index >= 15 is 0 Å². The summed E-state index contributed by atoms with van der Waals surface area (Å²) in [5.74, 6) is -0.530. The number of benzene rings is 2. The molecule has 0 atom stereocenters. The molecule has 2 aromatic carbocycles. The highest BCUT2D eigenvalue weighted by atomic mass is 32.1. The van der Waals surface area contributed by atoms with Crippen molar-refractivity contribution in [3.63, 3.8) is 0 Å². The largest absolute Gasteiger partial charge is 0.288 e. The van der Waals surface area contributed by atoms with E-state index in [1.165, 1.54) is 22.5 Å². The highest BCUT2D eigenvalue weighted by molar-refractivity contribution is 7.17. The number of carbonyl (C=O) groups excluding carboxylic acids is 1. The lowest BCUT2D eigenvalue weighted by molar-refractivity contribution is 0.0711. The van der Waals surface area contributed by atoms with Gasteiger partial charge in [-0.05, 0) is 28.8 Å². The van der Waals surface area contributed by atoms with Gasteiger partial charge in [-0.3, -0.25) is 10.0 Å². The molecule has 1 amide bonds. The first kappa shape index (κ1) is 17.1. The van der Waals surface area contributed by atoms with Gasteiger partial charge in [0.05, 0.1) is 22.5 Å². The fourth-order valence-corrected chi connectivity index (χ4v) is 3.61.